The summed E-state index contributed by atoms with van der Waals surface area (Å²) in [4.78, 5) is 22.8. The van der Waals surface area contributed by atoms with Gasteiger partial charge in [0.1, 0.15) is 5.92 Å². The Kier molecular flexibility index (Phi) is 4.69. The molecule has 0 aliphatic carbocycles. The highest BCUT2D eigenvalue weighted by molar-refractivity contribution is 6.04. The van der Waals surface area contributed by atoms with Crippen LogP contribution in [0.4, 0.5) is 5.69 Å². The number of anilines is 1. The van der Waals surface area contributed by atoms with Crippen LogP contribution in [0.25, 0.3) is 0 Å². The summed E-state index contributed by atoms with van der Waals surface area (Å²) >= 11 is 0. The van der Waals surface area contributed by atoms with E-state index in [1.54, 1.807) is 24.3 Å². The first-order chi connectivity index (χ1) is 8.00. The van der Waals surface area contributed by atoms with Gasteiger partial charge in [0.05, 0.1) is 0 Å². The number of carbonyl (C=O) groups is 2. The normalized spacial score (nSPS) is 12.2. The third-order valence-electron chi connectivity index (χ3n) is 2.36. The fourth-order valence-electron chi connectivity index (χ4n) is 1.54. The molecule has 1 aromatic rings. The van der Waals surface area contributed by atoms with Crippen LogP contribution in [-0.2, 0) is 9.59 Å². The van der Waals surface area contributed by atoms with Crippen molar-refractivity contribution < 1.29 is 14.7 Å². The molecule has 4 heteroatoms. The van der Waals surface area contributed by atoms with Crippen LogP contribution in [0.2, 0.25) is 0 Å². The van der Waals surface area contributed by atoms with Gasteiger partial charge in [-0.25, -0.2) is 0 Å². The number of rotatable bonds is 5. The minimum atomic E-state index is -1.08. The third kappa shape index (κ3) is 4.26. The third-order valence-corrected chi connectivity index (χ3v) is 2.36. The largest absolute Gasteiger partial charge is 0.481 e. The zero-order chi connectivity index (χ0) is 12.8. The van der Waals surface area contributed by atoms with Gasteiger partial charge in [-0.05, 0) is 24.5 Å². The molecule has 0 spiro atoms. The molecule has 1 rings (SSSR count). The summed E-state index contributed by atoms with van der Waals surface area (Å²) in [5.74, 6) is -2.36. The number of aliphatic carboxylic acids is 1. The van der Waals surface area contributed by atoms with Crippen molar-refractivity contribution in [2.45, 2.75) is 20.3 Å². The van der Waals surface area contributed by atoms with Gasteiger partial charge in [-0.15, -0.1) is 0 Å². The van der Waals surface area contributed by atoms with Gasteiger partial charge in [-0.3, -0.25) is 9.59 Å². The number of hydrogen-bond acceptors (Lipinski definition) is 2. The molecule has 1 aromatic carbocycles. The molecule has 1 unspecified atom stereocenters. The lowest BCUT2D eigenvalue weighted by atomic mass is 9.96. The Morgan fingerprint density at radius 3 is 2.29 bits per heavy atom. The second-order valence-electron chi connectivity index (χ2n) is 4.38. The Morgan fingerprint density at radius 2 is 1.82 bits per heavy atom. The summed E-state index contributed by atoms with van der Waals surface area (Å²) < 4.78 is 0. The SMILES string of the molecule is CC(C)CC(C(=O)O)C(=O)Nc1ccccc1. The fraction of sp³-hybridized carbons (Fsp3) is 0.385. The Balaban J connectivity index is 2.69. The molecule has 17 heavy (non-hydrogen) atoms. The van der Waals surface area contributed by atoms with Crippen LogP contribution in [0.5, 0.6) is 0 Å². The number of carboxylic acid groups (broad SMARTS) is 1. The lowest BCUT2D eigenvalue weighted by Crippen LogP contribution is -2.30. The highest BCUT2D eigenvalue weighted by Gasteiger charge is 2.26. The summed E-state index contributed by atoms with van der Waals surface area (Å²) in [5.41, 5.74) is 0.618. The van der Waals surface area contributed by atoms with E-state index in [0.29, 0.717) is 12.1 Å². The molecule has 0 aliphatic heterocycles. The van der Waals surface area contributed by atoms with Crippen LogP contribution in [0.1, 0.15) is 20.3 Å². The van der Waals surface area contributed by atoms with E-state index in [0.717, 1.165) is 0 Å². The highest BCUT2D eigenvalue weighted by atomic mass is 16.4. The van der Waals surface area contributed by atoms with Crippen LogP contribution in [0, 0.1) is 11.8 Å². The van der Waals surface area contributed by atoms with E-state index < -0.39 is 17.8 Å². The van der Waals surface area contributed by atoms with Crippen LogP contribution in [0.3, 0.4) is 0 Å². The van der Waals surface area contributed by atoms with Gasteiger partial charge in [0.15, 0.2) is 0 Å². The van der Waals surface area contributed by atoms with Crippen molar-refractivity contribution in [3.05, 3.63) is 30.3 Å². The van der Waals surface area contributed by atoms with Gasteiger partial charge >= 0.3 is 5.97 Å². The Hall–Kier alpha value is -1.84. The monoisotopic (exact) mass is 235 g/mol. The van der Waals surface area contributed by atoms with E-state index in [1.165, 1.54) is 0 Å². The summed E-state index contributed by atoms with van der Waals surface area (Å²) in [7, 11) is 0. The van der Waals surface area contributed by atoms with Crippen molar-refractivity contribution in [3.63, 3.8) is 0 Å². The molecule has 0 heterocycles. The molecule has 0 saturated carbocycles. The molecule has 1 amide bonds. The molecule has 2 N–H and O–H groups in total. The molecule has 0 aliphatic rings. The summed E-state index contributed by atoms with van der Waals surface area (Å²) in [6.07, 6.45) is 0.341. The quantitative estimate of drug-likeness (QED) is 0.770. The molecule has 4 nitrogen and oxygen atoms in total. The smallest absolute Gasteiger partial charge is 0.316 e. The predicted octanol–water partition coefficient (Wildman–Crippen LogP) is 2.37. The predicted molar refractivity (Wildman–Crippen MR) is 65.7 cm³/mol. The lowest BCUT2D eigenvalue weighted by molar-refractivity contribution is -0.146. The van der Waals surface area contributed by atoms with Crippen LogP contribution < -0.4 is 5.32 Å². The van der Waals surface area contributed by atoms with E-state index in [-0.39, 0.29) is 5.92 Å². The molecular weight excluding hydrogens is 218 g/mol. The van der Waals surface area contributed by atoms with Gasteiger partial charge in [-0.2, -0.15) is 0 Å². The average Bonchev–Trinajstić information content (AvgIpc) is 2.26. The van der Waals surface area contributed by atoms with Crippen molar-refractivity contribution in [1.29, 1.82) is 0 Å². The van der Waals surface area contributed by atoms with Gasteiger partial charge in [-0.1, -0.05) is 32.0 Å². The van der Waals surface area contributed by atoms with Gasteiger partial charge in [0.25, 0.3) is 0 Å². The van der Waals surface area contributed by atoms with Crippen LogP contribution in [-0.4, -0.2) is 17.0 Å². The minimum Gasteiger partial charge on any atom is -0.481 e. The molecule has 0 bridgehead atoms. The molecule has 92 valence electrons. The van der Waals surface area contributed by atoms with E-state index in [1.807, 2.05) is 19.9 Å². The number of hydrogen-bond donors (Lipinski definition) is 2. The van der Waals surface area contributed by atoms with E-state index in [2.05, 4.69) is 5.32 Å². The molecule has 0 aromatic heterocycles. The van der Waals surface area contributed by atoms with Crippen LogP contribution >= 0.6 is 0 Å². The van der Waals surface area contributed by atoms with Gasteiger partial charge in [0, 0.05) is 5.69 Å². The Labute approximate surface area is 101 Å². The van der Waals surface area contributed by atoms with E-state index >= 15 is 0 Å². The molecule has 0 radical (unpaired) electrons. The summed E-state index contributed by atoms with van der Waals surface area (Å²) in [6, 6.07) is 8.86. The Morgan fingerprint density at radius 1 is 1.24 bits per heavy atom. The Bertz CT molecular complexity index is 387. The van der Waals surface area contributed by atoms with Crippen LogP contribution in [0.15, 0.2) is 30.3 Å². The number of carboxylic acids is 1. The average molecular weight is 235 g/mol. The first-order valence-corrected chi connectivity index (χ1v) is 5.59. The van der Waals surface area contributed by atoms with E-state index in [4.69, 9.17) is 5.11 Å². The second-order valence-corrected chi connectivity index (χ2v) is 4.38. The maximum absolute atomic E-state index is 11.8. The van der Waals surface area contributed by atoms with Crippen molar-refractivity contribution >= 4 is 17.6 Å². The maximum atomic E-state index is 11.8. The topological polar surface area (TPSA) is 66.4 Å². The van der Waals surface area contributed by atoms with Crippen molar-refractivity contribution in [1.82, 2.24) is 0 Å². The number of para-hydroxylation sites is 1. The van der Waals surface area contributed by atoms with Crippen molar-refractivity contribution in [2.24, 2.45) is 11.8 Å². The summed E-state index contributed by atoms with van der Waals surface area (Å²) in [6.45, 7) is 3.79. The number of carbonyl (C=O) groups excluding carboxylic acids is 1. The molecule has 0 saturated heterocycles. The van der Waals surface area contributed by atoms with E-state index in [9.17, 15) is 9.59 Å². The van der Waals surface area contributed by atoms with Gasteiger partial charge < -0.3 is 10.4 Å². The minimum absolute atomic E-state index is 0.164. The number of nitrogens with one attached hydrogen (secondary N) is 1. The first-order valence-electron chi connectivity index (χ1n) is 5.59. The first kappa shape index (κ1) is 13.2. The van der Waals surface area contributed by atoms with Crippen molar-refractivity contribution in [2.75, 3.05) is 5.32 Å². The fourth-order valence-corrected chi connectivity index (χ4v) is 1.54. The zero-order valence-electron chi connectivity index (χ0n) is 10.0. The summed E-state index contributed by atoms with van der Waals surface area (Å²) in [5, 5.41) is 11.6. The molecular formula is C13H17NO3. The molecule has 1 atom stereocenters. The van der Waals surface area contributed by atoms with Gasteiger partial charge in [0.2, 0.25) is 5.91 Å². The highest BCUT2D eigenvalue weighted by Crippen LogP contribution is 2.15. The number of amides is 1. The molecule has 0 fully saturated rings. The van der Waals surface area contributed by atoms with Crippen molar-refractivity contribution in [3.8, 4) is 0 Å². The second kappa shape index (κ2) is 6.03. The number of benzene rings is 1. The zero-order valence-corrected chi connectivity index (χ0v) is 10.0. The lowest BCUT2D eigenvalue weighted by Gasteiger charge is -2.14. The maximum Gasteiger partial charge on any atom is 0.316 e. The standard InChI is InChI=1S/C13H17NO3/c1-9(2)8-11(13(16)17)12(15)14-10-6-4-3-5-7-10/h3-7,9,11H,8H2,1-2H3,(H,14,15)(H,16,17).